The number of nitrogens with one attached hydrogen (secondary N) is 1. The number of thioether (sulfide) groups is 1. The Morgan fingerprint density at radius 2 is 1.74 bits per heavy atom. The number of aliphatic carboxylic acids is 2. The Morgan fingerprint density at radius 3 is 2.16 bits per heavy atom. The van der Waals surface area contributed by atoms with E-state index in [4.69, 9.17) is 19.8 Å². The fraction of sp³-hybridized carbons (Fsp3) is 0.182. The van der Waals surface area contributed by atoms with Crippen LogP contribution in [-0.2, 0) is 42.6 Å². The van der Waals surface area contributed by atoms with E-state index in [0.717, 1.165) is 19.5 Å². The van der Waals surface area contributed by atoms with Crippen molar-refractivity contribution in [2.24, 2.45) is 0 Å². The van der Waals surface area contributed by atoms with Crippen LogP contribution in [0.2, 0.25) is 0 Å². The number of rotatable bonds is 0. The molecule has 0 atom stereocenters. The number of fused-ring (bicyclic) bond motifs is 1. The van der Waals surface area contributed by atoms with Gasteiger partial charge in [-0.15, -0.1) is 10.6 Å². The first kappa shape index (κ1) is 23.4. The molecule has 0 bridgehead atoms. The van der Waals surface area contributed by atoms with Crippen molar-refractivity contribution in [3.63, 3.8) is 0 Å². The SMILES string of the molecule is CC(=O)[O-].CC(=O)[O-].[Ni+2].[Ni+2].[c-]1cccc2c1N[CH-]S2. The summed E-state index contributed by atoms with van der Waals surface area (Å²) in [4.78, 5) is 19.0. The van der Waals surface area contributed by atoms with Crippen LogP contribution in [0.15, 0.2) is 23.1 Å². The molecule has 1 heterocycles. The van der Waals surface area contributed by atoms with Crippen molar-refractivity contribution >= 4 is 29.4 Å². The van der Waals surface area contributed by atoms with Gasteiger partial charge >= 0.3 is 33.0 Å². The smallest absolute Gasteiger partial charge is 0.550 e. The van der Waals surface area contributed by atoms with Crippen molar-refractivity contribution in [1.29, 1.82) is 0 Å². The van der Waals surface area contributed by atoms with E-state index >= 15 is 0 Å². The third-order valence-corrected chi connectivity index (χ3v) is 2.04. The summed E-state index contributed by atoms with van der Waals surface area (Å²) in [7, 11) is 0. The molecule has 1 aromatic carbocycles. The number of anilines is 1. The van der Waals surface area contributed by atoms with Gasteiger partial charge in [0.15, 0.2) is 0 Å². The predicted octanol–water partition coefficient (Wildman–Crippen LogP) is -0.369. The van der Waals surface area contributed by atoms with Crippen LogP contribution in [0.25, 0.3) is 0 Å². The van der Waals surface area contributed by atoms with Gasteiger partial charge in [-0.2, -0.15) is 24.3 Å². The topological polar surface area (TPSA) is 92.3 Å². The summed E-state index contributed by atoms with van der Waals surface area (Å²) in [5, 5.41) is 20.9. The molecule has 8 heteroatoms. The Balaban J connectivity index is -0.000000224. The molecule has 1 aliphatic rings. The van der Waals surface area contributed by atoms with Crippen LogP contribution >= 0.6 is 11.8 Å². The Labute approximate surface area is 136 Å². The first-order valence-corrected chi connectivity index (χ1v) is 5.42. The summed E-state index contributed by atoms with van der Waals surface area (Å²) in [6, 6.07) is 9.06. The first-order chi connectivity index (χ1) is 7.93. The molecule has 0 aliphatic carbocycles. The summed E-state index contributed by atoms with van der Waals surface area (Å²) in [6.07, 6.45) is 0. The van der Waals surface area contributed by atoms with Crippen molar-refractivity contribution in [2.45, 2.75) is 18.7 Å². The number of hydrogen-bond acceptors (Lipinski definition) is 6. The molecule has 0 radical (unpaired) electrons. The fourth-order valence-corrected chi connectivity index (χ4v) is 1.48. The fourth-order valence-electron chi connectivity index (χ4n) is 0.784. The third kappa shape index (κ3) is 15.2. The van der Waals surface area contributed by atoms with Crippen molar-refractivity contribution < 1.29 is 52.8 Å². The molecule has 1 aromatic rings. The molecule has 0 spiro atoms. The minimum Gasteiger partial charge on any atom is -0.550 e. The van der Waals surface area contributed by atoms with E-state index in [1.54, 1.807) is 11.8 Å². The molecule has 1 N–H and O–H groups in total. The van der Waals surface area contributed by atoms with Gasteiger partial charge in [0, 0.05) is 11.9 Å². The molecule has 0 saturated carbocycles. The van der Waals surface area contributed by atoms with Gasteiger partial charge < -0.3 is 36.9 Å². The van der Waals surface area contributed by atoms with E-state index in [2.05, 4.69) is 17.4 Å². The average molecular weight is 371 g/mol. The van der Waals surface area contributed by atoms with E-state index in [9.17, 15) is 0 Å². The molecule has 5 nitrogen and oxygen atoms in total. The van der Waals surface area contributed by atoms with E-state index in [0.29, 0.717) is 0 Å². The van der Waals surface area contributed by atoms with Crippen LogP contribution in [0.4, 0.5) is 5.69 Å². The average Bonchev–Trinajstić information content (AvgIpc) is 2.62. The van der Waals surface area contributed by atoms with Gasteiger partial charge in [0.05, 0.1) is 0 Å². The largest absolute Gasteiger partial charge is 2.00 e. The molecule has 0 unspecified atom stereocenters. The number of hydrogen-bond donors (Lipinski definition) is 1. The Bertz CT molecular complexity index is 348. The molecule has 0 fully saturated rings. The maximum atomic E-state index is 8.89. The van der Waals surface area contributed by atoms with Crippen LogP contribution in [-0.4, -0.2) is 11.9 Å². The molecule has 1 aliphatic heterocycles. The van der Waals surface area contributed by atoms with Gasteiger partial charge in [-0.05, 0) is 13.8 Å². The predicted molar refractivity (Wildman–Crippen MR) is 60.4 cm³/mol. The molecular weight excluding hydrogens is 360 g/mol. The van der Waals surface area contributed by atoms with E-state index in [-0.39, 0.29) is 33.0 Å². The number of benzene rings is 1. The maximum Gasteiger partial charge on any atom is 2.00 e. The van der Waals surface area contributed by atoms with Gasteiger partial charge in [-0.1, -0.05) is 0 Å². The third-order valence-electron chi connectivity index (χ3n) is 1.21. The second-order valence-corrected chi connectivity index (χ2v) is 3.68. The van der Waals surface area contributed by atoms with Crippen LogP contribution in [0.5, 0.6) is 0 Å². The molecule has 0 amide bonds. The number of carbonyl (C=O) groups is 2. The number of carboxylic acid groups (broad SMARTS) is 2. The van der Waals surface area contributed by atoms with E-state index < -0.39 is 11.9 Å². The van der Waals surface area contributed by atoms with Crippen LogP contribution in [0.3, 0.4) is 0 Å². The Morgan fingerprint density at radius 1 is 1.26 bits per heavy atom. The molecule has 19 heavy (non-hydrogen) atoms. The molecule has 0 aromatic heterocycles. The van der Waals surface area contributed by atoms with Crippen LogP contribution < -0.4 is 15.5 Å². The van der Waals surface area contributed by atoms with E-state index in [1.165, 1.54) is 4.90 Å². The Hall–Kier alpha value is -0.703. The van der Waals surface area contributed by atoms with Gasteiger partial charge in [0.2, 0.25) is 0 Å². The van der Waals surface area contributed by atoms with Crippen molar-refractivity contribution in [1.82, 2.24) is 0 Å². The van der Waals surface area contributed by atoms with Crippen LogP contribution in [0.1, 0.15) is 13.8 Å². The molecule has 0 saturated heterocycles. The minimum absolute atomic E-state index is 0. The second kappa shape index (κ2) is 13.7. The first-order valence-electron chi connectivity index (χ1n) is 4.54. The van der Waals surface area contributed by atoms with E-state index in [1.807, 2.05) is 18.0 Å². The monoisotopic (exact) mass is 369 g/mol. The van der Waals surface area contributed by atoms with Gasteiger partial charge in [-0.3, -0.25) is 0 Å². The van der Waals surface area contributed by atoms with Gasteiger partial charge in [0.1, 0.15) is 0 Å². The zero-order valence-corrected chi connectivity index (χ0v) is 12.8. The van der Waals surface area contributed by atoms with Crippen molar-refractivity contribution in [3.05, 3.63) is 30.1 Å². The molecular formula is C11H11NNi2O4S. The second-order valence-electron chi connectivity index (χ2n) is 2.77. The summed E-state index contributed by atoms with van der Waals surface area (Å²) in [5.41, 5.74) is 1.10. The summed E-state index contributed by atoms with van der Waals surface area (Å²) in [5.74, 6) is -0.207. The minimum atomic E-state index is -1.08. The van der Waals surface area contributed by atoms with Gasteiger partial charge in [-0.25, -0.2) is 5.88 Å². The van der Waals surface area contributed by atoms with Gasteiger partial charge in [0.25, 0.3) is 0 Å². The summed E-state index contributed by atoms with van der Waals surface area (Å²) < 4.78 is 0. The zero-order chi connectivity index (χ0) is 13.3. The number of para-hydroxylation sites is 1. The zero-order valence-electron chi connectivity index (χ0n) is 9.98. The maximum absolute atomic E-state index is 8.89. The Kier molecular flexibility index (Phi) is 16.9. The van der Waals surface area contributed by atoms with Crippen molar-refractivity contribution in [3.8, 4) is 0 Å². The number of carboxylic acids is 2. The molecule has 110 valence electrons. The summed E-state index contributed by atoms with van der Waals surface area (Å²) in [6.45, 7) is 1.94. The molecule has 2 rings (SSSR count). The normalized spacial score (nSPS) is 9.58. The quantitative estimate of drug-likeness (QED) is 0.495. The van der Waals surface area contributed by atoms with Crippen LogP contribution in [0, 0.1) is 11.9 Å². The number of carbonyl (C=O) groups excluding carboxylic acids is 2. The summed E-state index contributed by atoms with van der Waals surface area (Å²) >= 11 is 1.70. The van der Waals surface area contributed by atoms with Crippen molar-refractivity contribution in [2.75, 3.05) is 5.32 Å². The standard InChI is InChI=1S/C7H5NS.2C2H4O2.2Ni/c1-2-4-7-6(3-1)8-5-9-7;2*1-2(3)4;;/h1-2,4-5,8H;2*1H3,(H,3,4);;/q-2;;;2*+2/p-2.